The van der Waals surface area contributed by atoms with Gasteiger partial charge in [0.2, 0.25) is 6.43 Å². The molecule has 0 unspecified atom stereocenters. The zero-order valence-electron chi connectivity index (χ0n) is 7.41. The number of carbonyl (C=O) groups is 1. The molecule has 1 saturated heterocycles. The van der Waals surface area contributed by atoms with Crippen molar-refractivity contribution in [2.24, 2.45) is 5.92 Å². The van der Waals surface area contributed by atoms with E-state index in [9.17, 15) is 13.6 Å². The average Bonchev–Trinajstić information content (AvgIpc) is 2.50. The fourth-order valence-corrected chi connectivity index (χ4v) is 1.53. The maximum absolute atomic E-state index is 12.2. The SMILES string of the molecule is C[C@@H](C(=O)O)N1CC[C@@H](C(F)F)C1. The molecule has 0 aliphatic carbocycles. The summed E-state index contributed by atoms with van der Waals surface area (Å²) in [6, 6.07) is -0.649. The summed E-state index contributed by atoms with van der Waals surface area (Å²) in [5.74, 6) is -1.60. The van der Waals surface area contributed by atoms with Gasteiger partial charge in [-0.1, -0.05) is 0 Å². The average molecular weight is 193 g/mol. The summed E-state index contributed by atoms with van der Waals surface area (Å²) < 4.78 is 24.4. The summed E-state index contributed by atoms with van der Waals surface area (Å²) in [6.45, 7) is 2.18. The number of alkyl halides is 2. The third-order valence-electron chi connectivity index (χ3n) is 2.52. The highest BCUT2D eigenvalue weighted by molar-refractivity contribution is 5.72. The zero-order valence-corrected chi connectivity index (χ0v) is 7.41. The smallest absolute Gasteiger partial charge is 0.320 e. The number of hydrogen-bond donors (Lipinski definition) is 1. The van der Waals surface area contributed by atoms with Gasteiger partial charge in [-0.15, -0.1) is 0 Å². The van der Waals surface area contributed by atoms with Crippen molar-refractivity contribution in [1.82, 2.24) is 4.90 Å². The van der Waals surface area contributed by atoms with Crippen LogP contribution in [0.2, 0.25) is 0 Å². The monoisotopic (exact) mass is 193 g/mol. The predicted octanol–water partition coefficient (Wildman–Crippen LogP) is 1.05. The van der Waals surface area contributed by atoms with E-state index < -0.39 is 24.4 Å². The van der Waals surface area contributed by atoms with E-state index in [1.807, 2.05) is 0 Å². The molecule has 0 spiro atoms. The lowest BCUT2D eigenvalue weighted by Crippen LogP contribution is -2.37. The topological polar surface area (TPSA) is 40.5 Å². The fraction of sp³-hybridized carbons (Fsp3) is 0.875. The Hall–Kier alpha value is -0.710. The first-order valence-corrected chi connectivity index (χ1v) is 4.27. The van der Waals surface area contributed by atoms with Crippen molar-refractivity contribution in [3.05, 3.63) is 0 Å². The van der Waals surface area contributed by atoms with E-state index in [2.05, 4.69) is 0 Å². The molecule has 13 heavy (non-hydrogen) atoms. The van der Waals surface area contributed by atoms with E-state index in [4.69, 9.17) is 5.11 Å². The third-order valence-corrected chi connectivity index (χ3v) is 2.52. The molecule has 0 amide bonds. The molecule has 1 aliphatic heterocycles. The van der Waals surface area contributed by atoms with Crippen molar-refractivity contribution >= 4 is 5.97 Å². The number of halogens is 2. The van der Waals surface area contributed by atoms with Crippen molar-refractivity contribution in [1.29, 1.82) is 0 Å². The van der Waals surface area contributed by atoms with E-state index in [1.54, 1.807) is 4.90 Å². The highest BCUT2D eigenvalue weighted by Crippen LogP contribution is 2.24. The second kappa shape index (κ2) is 4.00. The minimum atomic E-state index is -2.33. The lowest BCUT2D eigenvalue weighted by atomic mass is 10.1. The van der Waals surface area contributed by atoms with E-state index in [0.717, 1.165) is 0 Å². The van der Waals surface area contributed by atoms with E-state index in [0.29, 0.717) is 13.0 Å². The summed E-state index contributed by atoms with van der Waals surface area (Å²) in [6.07, 6.45) is -1.93. The standard InChI is InChI=1S/C8H13F2NO2/c1-5(8(12)13)11-3-2-6(4-11)7(9)10/h5-7H,2-4H2,1H3,(H,12,13)/t5-,6+/m0/s1. The fourth-order valence-electron chi connectivity index (χ4n) is 1.53. The largest absolute Gasteiger partial charge is 0.480 e. The molecule has 0 radical (unpaired) electrons. The number of carboxylic acid groups (broad SMARTS) is 1. The van der Waals surface area contributed by atoms with Crippen molar-refractivity contribution in [3.63, 3.8) is 0 Å². The molecule has 5 heteroatoms. The Labute approximate surface area is 75.3 Å². The normalized spacial score (nSPS) is 26.6. The molecule has 0 aromatic heterocycles. The minimum Gasteiger partial charge on any atom is -0.480 e. The molecule has 0 bridgehead atoms. The summed E-state index contributed by atoms with van der Waals surface area (Å²) in [4.78, 5) is 12.1. The van der Waals surface area contributed by atoms with Gasteiger partial charge in [0, 0.05) is 12.5 Å². The van der Waals surface area contributed by atoms with Gasteiger partial charge in [-0.3, -0.25) is 9.69 Å². The highest BCUT2D eigenvalue weighted by Gasteiger charge is 2.33. The van der Waals surface area contributed by atoms with Crippen molar-refractivity contribution in [3.8, 4) is 0 Å². The third kappa shape index (κ3) is 2.37. The molecule has 1 aliphatic rings. The predicted molar refractivity (Wildman–Crippen MR) is 42.8 cm³/mol. The van der Waals surface area contributed by atoms with Crippen molar-refractivity contribution < 1.29 is 18.7 Å². The van der Waals surface area contributed by atoms with Gasteiger partial charge < -0.3 is 5.11 Å². The molecule has 1 rings (SSSR count). The Morgan fingerprint density at radius 1 is 1.62 bits per heavy atom. The summed E-state index contributed by atoms with van der Waals surface area (Å²) in [5, 5.41) is 8.64. The second-order valence-electron chi connectivity index (χ2n) is 3.39. The van der Waals surface area contributed by atoms with Crippen LogP contribution in [0.15, 0.2) is 0 Å². The van der Waals surface area contributed by atoms with Crippen molar-refractivity contribution in [2.75, 3.05) is 13.1 Å². The Kier molecular flexibility index (Phi) is 3.19. The molecular formula is C8H13F2NO2. The molecule has 1 heterocycles. The van der Waals surface area contributed by atoms with Crippen LogP contribution in [-0.4, -0.2) is 41.5 Å². The van der Waals surface area contributed by atoms with Gasteiger partial charge >= 0.3 is 5.97 Å². The molecule has 0 saturated carbocycles. The number of hydrogen-bond acceptors (Lipinski definition) is 2. The maximum atomic E-state index is 12.2. The van der Waals surface area contributed by atoms with Gasteiger partial charge in [-0.2, -0.15) is 0 Å². The number of carboxylic acids is 1. The number of likely N-dealkylation sites (tertiary alicyclic amines) is 1. The molecular weight excluding hydrogens is 180 g/mol. The lowest BCUT2D eigenvalue weighted by Gasteiger charge is -2.20. The highest BCUT2D eigenvalue weighted by atomic mass is 19.3. The molecule has 0 aromatic rings. The van der Waals surface area contributed by atoms with Crippen molar-refractivity contribution in [2.45, 2.75) is 25.8 Å². The van der Waals surface area contributed by atoms with Crippen LogP contribution in [0.5, 0.6) is 0 Å². The van der Waals surface area contributed by atoms with Crippen LogP contribution in [0.4, 0.5) is 8.78 Å². The summed E-state index contributed by atoms with van der Waals surface area (Å²) >= 11 is 0. The molecule has 1 fully saturated rings. The molecule has 0 aromatic carbocycles. The molecule has 1 N–H and O–H groups in total. The first-order valence-electron chi connectivity index (χ1n) is 4.27. The Balaban J connectivity index is 2.45. The van der Waals surface area contributed by atoms with Gasteiger partial charge in [0.1, 0.15) is 6.04 Å². The first kappa shape index (κ1) is 10.4. The van der Waals surface area contributed by atoms with Gasteiger partial charge in [0.25, 0.3) is 0 Å². The zero-order chi connectivity index (χ0) is 10.0. The van der Waals surface area contributed by atoms with Gasteiger partial charge in [-0.25, -0.2) is 8.78 Å². The Morgan fingerprint density at radius 3 is 2.62 bits per heavy atom. The Bertz CT molecular complexity index is 199. The molecule has 2 atom stereocenters. The van der Waals surface area contributed by atoms with E-state index in [-0.39, 0.29) is 6.54 Å². The summed E-state index contributed by atoms with van der Waals surface area (Å²) in [7, 11) is 0. The van der Waals surface area contributed by atoms with Crippen LogP contribution in [-0.2, 0) is 4.79 Å². The van der Waals surface area contributed by atoms with Gasteiger partial charge in [-0.05, 0) is 19.9 Å². The number of aliphatic carboxylic acids is 1. The van der Waals surface area contributed by atoms with Crippen LogP contribution < -0.4 is 0 Å². The minimum absolute atomic E-state index is 0.200. The number of nitrogens with zero attached hydrogens (tertiary/aromatic N) is 1. The van der Waals surface area contributed by atoms with Crippen LogP contribution >= 0.6 is 0 Å². The number of rotatable bonds is 3. The lowest BCUT2D eigenvalue weighted by molar-refractivity contribution is -0.142. The Morgan fingerprint density at radius 2 is 2.23 bits per heavy atom. The summed E-state index contributed by atoms with van der Waals surface area (Å²) in [5.41, 5.74) is 0. The van der Waals surface area contributed by atoms with Crippen LogP contribution in [0.3, 0.4) is 0 Å². The molecule has 3 nitrogen and oxygen atoms in total. The molecule has 76 valence electrons. The van der Waals surface area contributed by atoms with E-state index >= 15 is 0 Å². The second-order valence-corrected chi connectivity index (χ2v) is 3.39. The van der Waals surface area contributed by atoms with Crippen LogP contribution in [0.1, 0.15) is 13.3 Å². The van der Waals surface area contributed by atoms with Gasteiger partial charge in [0.15, 0.2) is 0 Å². The van der Waals surface area contributed by atoms with Crippen LogP contribution in [0, 0.1) is 5.92 Å². The van der Waals surface area contributed by atoms with Gasteiger partial charge in [0.05, 0.1) is 0 Å². The quantitative estimate of drug-likeness (QED) is 0.728. The van der Waals surface area contributed by atoms with E-state index in [1.165, 1.54) is 6.92 Å². The van der Waals surface area contributed by atoms with Crippen LogP contribution in [0.25, 0.3) is 0 Å². The first-order chi connectivity index (χ1) is 6.02. The maximum Gasteiger partial charge on any atom is 0.320 e.